The third kappa shape index (κ3) is 4.56. The molecule has 1 aromatic heterocycles. The minimum Gasteiger partial charge on any atom is -0.445 e. The number of fused-ring (bicyclic) bond motifs is 1. The first kappa shape index (κ1) is 22.0. The highest BCUT2D eigenvalue weighted by molar-refractivity contribution is 6.30. The molecule has 1 unspecified atom stereocenters. The number of ether oxygens (including phenoxy) is 1. The normalized spacial score (nSPS) is 17.0. The lowest BCUT2D eigenvalue weighted by Gasteiger charge is -2.24. The molecular weight excluding hydrogens is 404 g/mol. The smallest absolute Gasteiger partial charge is 0.340 e. The van der Waals surface area contributed by atoms with Gasteiger partial charge >= 0.3 is 12.3 Å². The number of halogens is 5. The topological polar surface area (TPSA) is 96.1 Å². The van der Waals surface area contributed by atoms with Gasteiger partial charge in [0.15, 0.2) is 6.61 Å². The molecule has 0 aliphatic carbocycles. The van der Waals surface area contributed by atoms with Crippen LogP contribution in [0.1, 0.15) is 29.8 Å². The molecule has 0 bridgehead atoms. The Labute approximate surface area is 163 Å². The van der Waals surface area contributed by atoms with Gasteiger partial charge in [-0.05, 0) is 26.0 Å². The predicted molar refractivity (Wildman–Crippen MR) is 93.3 cm³/mol. The second kappa shape index (κ2) is 8.36. The fourth-order valence-corrected chi connectivity index (χ4v) is 2.74. The van der Waals surface area contributed by atoms with E-state index in [4.69, 9.17) is 17.3 Å². The molecule has 0 saturated carbocycles. The second-order valence-electron chi connectivity index (χ2n) is 6.34. The van der Waals surface area contributed by atoms with Crippen LogP contribution in [-0.4, -0.2) is 40.8 Å². The predicted octanol–water partition coefficient (Wildman–Crippen LogP) is 2.31. The number of quaternary nitrogens is 1. The lowest BCUT2D eigenvalue weighted by atomic mass is 10.1. The minimum absolute atomic E-state index is 0.216. The number of nitrogens with zero attached hydrogens (tertiary/aromatic N) is 2. The van der Waals surface area contributed by atoms with E-state index in [9.17, 15) is 22.4 Å². The van der Waals surface area contributed by atoms with Crippen LogP contribution in [0.3, 0.4) is 0 Å². The summed E-state index contributed by atoms with van der Waals surface area (Å²) in [6, 6.07) is 1.01. The zero-order valence-corrected chi connectivity index (χ0v) is 15.9. The molecule has 1 atom stereocenters. The van der Waals surface area contributed by atoms with E-state index < -0.39 is 25.0 Å². The highest BCUT2D eigenvalue weighted by Gasteiger charge is 2.42. The number of carbonyl (C=O) groups excluding carboxylic acids is 1. The van der Waals surface area contributed by atoms with Gasteiger partial charge in [-0.15, -0.1) is 0 Å². The average Bonchev–Trinajstić information content (AvgIpc) is 2.97. The number of hydrogen-bond acceptors (Lipinski definition) is 4. The molecule has 0 spiro atoms. The molecular formula is C17H20ClF4N4O2+. The van der Waals surface area contributed by atoms with Gasteiger partial charge in [-0.1, -0.05) is 11.6 Å². The third-order valence-electron chi connectivity index (χ3n) is 4.35. The van der Waals surface area contributed by atoms with Crippen LogP contribution in [0.15, 0.2) is 35.5 Å². The average molecular weight is 424 g/mol. The third-order valence-corrected chi connectivity index (χ3v) is 4.68. The van der Waals surface area contributed by atoms with Gasteiger partial charge in [-0.25, -0.2) is 13.8 Å². The van der Waals surface area contributed by atoms with Crippen LogP contribution in [-0.2, 0) is 11.3 Å². The second-order valence-corrected chi connectivity index (χ2v) is 6.70. The van der Waals surface area contributed by atoms with Crippen LogP contribution in [0.25, 0.3) is 0 Å². The summed E-state index contributed by atoms with van der Waals surface area (Å²) >= 11 is 6.02. The molecule has 0 fully saturated rings. The molecule has 154 valence electrons. The zero-order valence-electron chi connectivity index (χ0n) is 15.2. The standard InChI is InChI=1S/C17H19ClF4N4O2/c1-8(14(24)28-7-17(21,22)16(19)20)5-12(23)9(2)26-6-11-10(15(26)27)3-4-25-13(11)18/h3-5,9,16H,6-7,23-24H2,1-2H3/p+1. The molecule has 2 heterocycles. The number of nitrogens with two attached hydrogens (primary N) is 1. The van der Waals surface area contributed by atoms with E-state index in [2.05, 4.69) is 15.5 Å². The van der Waals surface area contributed by atoms with Crippen molar-refractivity contribution in [3.05, 3.63) is 51.8 Å². The number of alkyl halides is 4. The molecule has 6 nitrogen and oxygen atoms in total. The monoisotopic (exact) mass is 423 g/mol. The molecule has 11 heteroatoms. The van der Waals surface area contributed by atoms with Crippen molar-refractivity contribution in [3.63, 3.8) is 0 Å². The van der Waals surface area contributed by atoms with E-state index in [0.717, 1.165) is 0 Å². The molecule has 0 saturated heterocycles. The maximum absolute atomic E-state index is 12.9. The van der Waals surface area contributed by atoms with E-state index in [1.807, 2.05) is 0 Å². The van der Waals surface area contributed by atoms with E-state index in [0.29, 0.717) is 11.1 Å². The molecule has 1 aliphatic heterocycles. The summed E-state index contributed by atoms with van der Waals surface area (Å²) in [4.78, 5) is 18.0. The van der Waals surface area contributed by atoms with Gasteiger partial charge in [0.25, 0.3) is 11.8 Å². The summed E-state index contributed by atoms with van der Waals surface area (Å²) in [5.41, 5.74) is 11.0. The van der Waals surface area contributed by atoms with E-state index >= 15 is 0 Å². The number of pyridine rings is 1. The van der Waals surface area contributed by atoms with Crippen molar-refractivity contribution in [2.45, 2.75) is 38.8 Å². The molecule has 0 radical (unpaired) electrons. The van der Waals surface area contributed by atoms with Gasteiger partial charge in [0, 0.05) is 23.0 Å². The number of carbonyl (C=O) groups is 1. The summed E-state index contributed by atoms with van der Waals surface area (Å²) in [5, 5.41) is 0.229. The summed E-state index contributed by atoms with van der Waals surface area (Å²) in [6.07, 6.45) is -1.02. The number of amides is 1. The Morgan fingerprint density at radius 2 is 2.18 bits per heavy atom. The number of aromatic nitrogens is 1. The zero-order chi connectivity index (χ0) is 21.2. The van der Waals surface area contributed by atoms with Crippen molar-refractivity contribution in [3.8, 4) is 0 Å². The van der Waals surface area contributed by atoms with Crippen LogP contribution in [0, 0.1) is 0 Å². The Morgan fingerprint density at radius 1 is 1.54 bits per heavy atom. The van der Waals surface area contributed by atoms with Crippen molar-refractivity contribution >= 4 is 17.5 Å². The van der Waals surface area contributed by atoms with Gasteiger partial charge in [-0.2, -0.15) is 8.78 Å². The molecule has 0 aromatic carbocycles. The molecule has 1 aromatic rings. The Hall–Kier alpha value is -2.33. The van der Waals surface area contributed by atoms with Crippen LogP contribution >= 0.6 is 11.6 Å². The Bertz CT molecular complexity index is 829. The first-order valence-electron chi connectivity index (χ1n) is 8.18. The number of rotatable bonds is 7. The lowest BCUT2D eigenvalue weighted by Crippen LogP contribution is -2.51. The van der Waals surface area contributed by atoms with Crippen LogP contribution < -0.4 is 11.5 Å². The highest BCUT2D eigenvalue weighted by atomic mass is 35.5. The SMILES string of the molecule is CC(C=C(N)C(C)N1Cc2c(ccnc2Cl)C1=O)=C([NH3+])OCC(F)(F)C(F)F. The molecule has 2 rings (SSSR count). The fraction of sp³-hybridized carbons (Fsp3) is 0.412. The first-order chi connectivity index (χ1) is 13.0. The van der Waals surface area contributed by atoms with E-state index in [1.165, 1.54) is 24.1 Å². The van der Waals surface area contributed by atoms with Gasteiger partial charge in [-0.3, -0.25) is 10.5 Å². The summed E-state index contributed by atoms with van der Waals surface area (Å²) in [7, 11) is 0. The highest BCUT2D eigenvalue weighted by Crippen LogP contribution is 2.30. The van der Waals surface area contributed by atoms with E-state index in [-0.39, 0.29) is 34.8 Å². The molecule has 5 N–H and O–H groups in total. The van der Waals surface area contributed by atoms with Crippen molar-refractivity contribution in [2.24, 2.45) is 5.73 Å². The Morgan fingerprint density at radius 3 is 2.75 bits per heavy atom. The van der Waals surface area contributed by atoms with Gasteiger partial charge in [0.2, 0.25) is 0 Å². The summed E-state index contributed by atoms with van der Waals surface area (Å²) < 4.78 is 54.9. The maximum atomic E-state index is 12.9. The van der Waals surface area contributed by atoms with Crippen molar-refractivity contribution < 1.29 is 32.8 Å². The van der Waals surface area contributed by atoms with Gasteiger partial charge in [0.1, 0.15) is 5.15 Å². The molecule has 1 aliphatic rings. The van der Waals surface area contributed by atoms with Crippen molar-refractivity contribution in [1.29, 1.82) is 0 Å². The van der Waals surface area contributed by atoms with Crippen LogP contribution in [0.2, 0.25) is 5.15 Å². The Kier molecular flexibility index (Phi) is 6.56. The fourth-order valence-electron chi connectivity index (χ4n) is 2.52. The summed E-state index contributed by atoms with van der Waals surface area (Å²) in [5.74, 6) is -4.78. The summed E-state index contributed by atoms with van der Waals surface area (Å²) in [6.45, 7) is 1.87. The van der Waals surface area contributed by atoms with Crippen LogP contribution in [0.5, 0.6) is 0 Å². The maximum Gasteiger partial charge on any atom is 0.340 e. The quantitative estimate of drug-likeness (QED) is 0.304. The number of allylic oxidation sites excluding steroid dienone is 2. The van der Waals surface area contributed by atoms with E-state index in [1.54, 1.807) is 13.0 Å². The lowest BCUT2D eigenvalue weighted by molar-refractivity contribution is -0.365. The van der Waals surface area contributed by atoms with Crippen molar-refractivity contribution in [1.82, 2.24) is 9.88 Å². The molecule has 28 heavy (non-hydrogen) atoms. The van der Waals surface area contributed by atoms with Crippen molar-refractivity contribution in [2.75, 3.05) is 6.61 Å². The minimum atomic E-state index is -4.28. The first-order valence-corrected chi connectivity index (χ1v) is 8.56. The largest absolute Gasteiger partial charge is 0.445 e. The Balaban J connectivity index is 2.12. The van der Waals surface area contributed by atoms with Gasteiger partial charge in [0.05, 0.1) is 18.2 Å². The molecule has 1 amide bonds. The number of hydrogen-bond donors (Lipinski definition) is 2. The van der Waals surface area contributed by atoms with Gasteiger partial charge < -0.3 is 15.4 Å². The van der Waals surface area contributed by atoms with Crippen LogP contribution in [0.4, 0.5) is 17.6 Å².